The maximum Gasteiger partial charge on any atom is 0.252 e. The SMILES string of the molecule is CCc1ccc(-n2nc(C)c3c(C)cc(=O)n(Cc4nc(-c5ccccc5OC)oc4C)c32)cc1. The van der Waals surface area contributed by atoms with Gasteiger partial charge >= 0.3 is 0 Å². The zero-order chi connectivity index (χ0) is 24.7. The smallest absolute Gasteiger partial charge is 0.252 e. The first kappa shape index (κ1) is 22.7. The van der Waals surface area contributed by atoms with Crippen LogP contribution in [0, 0.1) is 20.8 Å². The number of fused-ring (bicyclic) bond motifs is 1. The first-order valence-corrected chi connectivity index (χ1v) is 11.7. The summed E-state index contributed by atoms with van der Waals surface area (Å²) in [7, 11) is 1.62. The third-order valence-electron chi connectivity index (χ3n) is 6.42. The maximum atomic E-state index is 13.3. The van der Waals surface area contributed by atoms with E-state index in [-0.39, 0.29) is 12.1 Å². The van der Waals surface area contributed by atoms with Gasteiger partial charge in [0, 0.05) is 11.5 Å². The van der Waals surface area contributed by atoms with Crippen molar-refractivity contribution in [1.29, 1.82) is 0 Å². The van der Waals surface area contributed by atoms with Crippen molar-refractivity contribution in [2.24, 2.45) is 0 Å². The minimum Gasteiger partial charge on any atom is -0.496 e. The van der Waals surface area contributed by atoms with Crippen LogP contribution in [0.3, 0.4) is 0 Å². The molecule has 0 radical (unpaired) electrons. The summed E-state index contributed by atoms with van der Waals surface area (Å²) in [5.74, 6) is 1.80. The number of pyridine rings is 1. The van der Waals surface area contributed by atoms with Gasteiger partial charge in [0.2, 0.25) is 5.89 Å². The molecule has 0 amide bonds. The predicted molar refractivity (Wildman–Crippen MR) is 137 cm³/mol. The number of oxazole rings is 1. The van der Waals surface area contributed by atoms with Gasteiger partial charge in [0.1, 0.15) is 22.9 Å². The van der Waals surface area contributed by atoms with E-state index in [0.717, 1.165) is 40.0 Å². The van der Waals surface area contributed by atoms with Crippen LogP contribution in [0.5, 0.6) is 5.75 Å². The van der Waals surface area contributed by atoms with E-state index in [2.05, 4.69) is 19.1 Å². The van der Waals surface area contributed by atoms with Crippen LogP contribution in [0.4, 0.5) is 0 Å². The highest BCUT2D eigenvalue weighted by molar-refractivity contribution is 5.83. The van der Waals surface area contributed by atoms with Crippen molar-refractivity contribution in [2.45, 2.75) is 40.7 Å². The third kappa shape index (κ3) is 3.93. The number of rotatable bonds is 6. The Morgan fingerprint density at radius 1 is 1.03 bits per heavy atom. The van der Waals surface area contributed by atoms with Crippen LogP contribution < -0.4 is 10.3 Å². The second-order valence-corrected chi connectivity index (χ2v) is 8.69. The summed E-state index contributed by atoms with van der Waals surface area (Å²) in [5.41, 5.74) is 6.02. The highest BCUT2D eigenvalue weighted by Gasteiger charge is 2.20. The number of ether oxygens (including phenoxy) is 1. The monoisotopic (exact) mass is 468 g/mol. The molecule has 0 aliphatic rings. The topological polar surface area (TPSA) is 75.1 Å². The van der Waals surface area contributed by atoms with E-state index in [1.165, 1.54) is 5.56 Å². The average molecular weight is 469 g/mol. The molecule has 0 aliphatic carbocycles. The summed E-state index contributed by atoms with van der Waals surface area (Å²) >= 11 is 0. The van der Waals surface area contributed by atoms with E-state index in [9.17, 15) is 4.79 Å². The Morgan fingerprint density at radius 2 is 1.77 bits per heavy atom. The molecule has 0 atom stereocenters. The van der Waals surface area contributed by atoms with Crippen molar-refractivity contribution in [3.05, 3.63) is 93.2 Å². The molecule has 0 saturated carbocycles. The third-order valence-corrected chi connectivity index (χ3v) is 6.42. The standard InChI is InChI=1S/C28H28N4O3/c1-6-20-11-13-21(14-12-20)32-28-26(18(3)30-32)17(2)15-25(33)31(28)16-23-19(4)35-27(29-23)22-9-7-8-10-24(22)34-5/h7-15H,6,16H2,1-5H3. The van der Waals surface area contributed by atoms with Gasteiger partial charge in [-0.05, 0) is 62.6 Å². The maximum absolute atomic E-state index is 13.3. The summed E-state index contributed by atoms with van der Waals surface area (Å²) in [6.45, 7) is 8.18. The lowest BCUT2D eigenvalue weighted by atomic mass is 10.1. The Balaban J connectivity index is 1.66. The Hall–Kier alpha value is -4.13. The molecule has 5 rings (SSSR count). The molecule has 35 heavy (non-hydrogen) atoms. The van der Waals surface area contributed by atoms with Gasteiger partial charge in [-0.15, -0.1) is 0 Å². The fourth-order valence-electron chi connectivity index (χ4n) is 4.53. The van der Waals surface area contributed by atoms with Crippen molar-refractivity contribution < 1.29 is 9.15 Å². The molecule has 3 aromatic heterocycles. The molecular formula is C28H28N4O3. The van der Waals surface area contributed by atoms with Gasteiger partial charge < -0.3 is 9.15 Å². The van der Waals surface area contributed by atoms with Crippen LogP contribution in [0.1, 0.15) is 35.2 Å². The van der Waals surface area contributed by atoms with Crippen molar-refractivity contribution in [2.75, 3.05) is 7.11 Å². The number of hydrogen-bond donors (Lipinski definition) is 0. The lowest BCUT2D eigenvalue weighted by molar-refractivity contribution is 0.414. The summed E-state index contributed by atoms with van der Waals surface area (Å²) in [5, 5.41) is 5.78. The Morgan fingerprint density at radius 3 is 2.49 bits per heavy atom. The van der Waals surface area contributed by atoms with Gasteiger partial charge in [-0.1, -0.05) is 31.2 Å². The van der Waals surface area contributed by atoms with Gasteiger partial charge in [-0.2, -0.15) is 5.10 Å². The fourth-order valence-corrected chi connectivity index (χ4v) is 4.53. The molecule has 5 aromatic rings. The van der Waals surface area contributed by atoms with Crippen LogP contribution >= 0.6 is 0 Å². The minimum atomic E-state index is -0.109. The summed E-state index contributed by atoms with van der Waals surface area (Å²) in [6.07, 6.45) is 0.961. The average Bonchev–Trinajstić information content (AvgIpc) is 3.41. The summed E-state index contributed by atoms with van der Waals surface area (Å²) in [6, 6.07) is 17.5. The van der Waals surface area contributed by atoms with E-state index in [0.29, 0.717) is 23.1 Å². The summed E-state index contributed by atoms with van der Waals surface area (Å²) < 4.78 is 15.1. The molecule has 0 fully saturated rings. The van der Waals surface area contributed by atoms with Gasteiger partial charge in [0.15, 0.2) is 0 Å². The molecular weight excluding hydrogens is 440 g/mol. The lowest BCUT2D eigenvalue weighted by Crippen LogP contribution is -2.23. The number of benzene rings is 2. The van der Waals surface area contributed by atoms with Crippen LogP contribution in [-0.2, 0) is 13.0 Å². The predicted octanol–water partition coefficient (Wildman–Crippen LogP) is 5.39. The normalized spacial score (nSPS) is 11.3. The fraction of sp³-hybridized carbons (Fsp3) is 0.250. The van der Waals surface area contributed by atoms with Crippen molar-refractivity contribution in [1.82, 2.24) is 19.3 Å². The summed E-state index contributed by atoms with van der Waals surface area (Å²) in [4.78, 5) is 18.0. The van der Waals surface area contributed by atoms with E-state index in [1.807, 2.05) is 61.9 Å². The zero-order valence-corrected chi connectivity index (χ0v) is 20.6. The van der Waals surface area contributed by atoms with Crippen molar-refractivity contribution >= 4 is 11.0 Å². The Bertz CT molecular complexity index is 1590. The number of nitrogens with zero attached hydrogens (tertiary/aromatic N) is 4. The van der Waals surface area contributed by atoms with Gasteiger partial charge in [-0.3, -0.25) is 9.36 Å². The van der Waals surface area contributed by atoms with E-state index in [4.69, 9.17) is 19.2 Å². The molecule has 0 N–H and O–H groups in total. The number of methoxy groups -OCH3 is 1. The zero-order valence-electron chi connectivity index (χ0n) is 20.6. The molecule has 0 unspecified atom stereocenters. The van der Waals surface area contributed by atoms with Crippen LogP contribution in [0.25, 0.3) is 28.2 Å². The first-order valence-electron chi connectivity index (χ1n) is 11.7. The number of para-hydroxylation sites is 1. The molecule has 0 saturated heterocycles. The molecule has 7 heteroatoms. The van der Waals surface area contributed by atoms with Crippen molar-refractivity contribution in [3.8, 4) is 22.9 Å². The molecule has 0 bridgehead atoms. The van der Waals surface area contributed by atoms with Gasteiger partial charge in [0.05, 0.1) is 30.6 Å². The van der Waals surface area contributed by atoms with Crippen LogP contribution in [0.2, 0.25) is 0 Å². The molecule has 178 valence electrons. The molecule has 7 nitrogen and oxygen atoms in total. The van der Waals surface area contributed by atoms with E-state index >= 15 is 0 Å². The largest absolute Gasteiger partial charge is 0.496 e. The number of aryl methyl sites for hydroxylation is 4. The lowest BCUT2D eigenvalue weighted by Gasteiger charge is -2.12. The Kier molecular flexibility index (Phi) is 5.76. The molecule has 3 heterocycles. The van der Waals surface area contributed by atoms with Gasteiger partial charge in [-0.25, -0.2) is 9.67 Å². The number of hydrogen-bond acceptors (Lipinski definition) is 5. The minimum absolute atomic E-state index is 0.109. The second-order valence-electron chi connectivity index (χ2n) is 8.69. The Labute approximate surface area is 203 Å². The first-order chi connectivity index (χ1) is 16.9. The van der Waals surface area contributed by atoms with E-state index in [1.54, 1.807) is 17.7 Å². The van der Waals surface area contributed by atoms with E-state index < -0.39 is 0 Å². The van der Waals surface area contributed by atoms with Gasteiger partial charge in [0.25, 0.3) is 5.56 Å². The number of aromatic nitrogens is 4. The second kappa shape index (κ2) is 8.91. The molecule has 0 spiro atoms. The quantitative estimate of drug-likeness (QED) is 0.334. The highest BCUT2D eigenvalue weighted by atomic mass is 16.5. The highest BCUT2D eigenvalue weighted by Crippen LogP contribution is 2.31. The van der Waals surface area contributed by atoms with Crippen LogP contribution in [-0.4, -0.2) is 26.4 Å². The van der Waals surface area contributed by atoms with Crippen molar-refractivity contribution in [3.63, 3.8) is 0 Å². The van der Waals surface area contributed by atoms with Crippen LogP contribution in [0.15, 0.2) is 63.8 Å². The molecule has 0 aliphatic heterocycles. The molecule has 2 aromatic carbocycles.